The minimum absolute atomic E-state index is 0.346. The first-order chi connectivity index (χ1) is 8.96. The van der Waals surface area contributed by atoms with Crippen LogP contribution < -0.4 is 9.46 Å². The van der Waals surface area contributed by atoms with E-state index in [1.54, 1.807) is 14.0 Å². The normalized spacial score (nSPS) is 13.5. The standard InChI is InChI=1S/C13H22N2O3S/c1-5-15(6-2)19(16,17)14-11(3)12-9-7-8-10-13(12)18-4/h7-11,14H,5-6H2,1-4H3. The summed E-state index contributed by atoms with van der Waals surface area (Å²) in [7, 11) is -1.89. The van der Waals surface area contributed by atoms with Crippen molar-refractivity contribution >= 4 is 10.2 Å². The van der Waals surface area contributed by atoms with Crippen molar-refractivity contribution in [3.8, 4) is 5.75 Å². The first-order valence-corrected chi connectivity index (χ1v) is 7.80. The summed E-state index contributed by atoms with van der Waals surface area (Å²) >= 11 is 0. The fourth-order valence-corrected chi connectivity index (χ4v) is 3.35. The first kappa shape index (κ1) is 15.9. The highest BCUT2D eigenvalue weighted by atomic mass is 32.2. The van der Waals surface area contributed by atoms with E-state index in [2.05, 4.69) is 4.72 Å². The maximum atomic E-state index is 12.2. The van der Waals surface area contributed by atoms with E-state index in [0.717, 1.165) is 5.56 Å². The minimum atomic E-state index is -3.47. The number of nitrogens with one attached hydrogen (secondary N) is 1. The first-order valence-electron chi connectivity index (χ1n) is 6.36. The van der Waals surface area contributed by atoms with Crippen LogP contribution in [-0.2, 0) is 10.2 Å². The van der Waals surface area contributed by atoms with Gasteiger partial charge in [0.25, 0.3) is 10.2 Å². The zero-order chi connectivity index (χ0) is 14.5. The molecule has 0 aromatic heterocycles. The maximum Gasteiger partial charge on any atom is 0.279 e. The molecule has 1 rings (SSSR count). The molecule has 1 aromatic rings. The summed E-state index contributed by atoms with van der Waals surface area (Å²) in [5.74, 6) is 0.678. The van der Waals surface area contributed by atoms with Crippen LogP contribution in [0.3, 0.4) is 0 Å². The number of methoxy groups -OCH3 is 1. The minimum Gasteiger partial charge on any atom is -0.496 e. The number of benzene rings is 1. The van der Waals surface area contributed by atoms with Crippen LogP contribution in [0.4, 0.5) is 0 Å². The number of nitrogens with zero attached hydrogens (tertiary/aromatic N) is 1. The Morgan fingerprint density at radius 1 is 1.26 bits per heavy atom. The van der Waals surface area contributed by atoms with Crippen molar-refractivity contribution < 1.29 is 13.2 Å². The number of hydrogen-bond donors (Lipinski definition) is 1. The molecule has 0 bridgehead atoms. The topological polar surface area (TPSA) is 58.6 Å². The summed E-state index contributed by atoms with van der Waals surface area (Å²) in [5.41, 5.74) is 0.820. The molecule has 0 aliphatic rings. The number of rotatable bonds is 7. The van der Waals surface area contributed by atoms with Crippen LogP contribution in [0, 0.1) is 0 Å². The van der Waals surface area contributed by atoms with Crippen LogP contribution in [0.15, 0.2) is 24.3 Å². The third-order valence-electron chi connectivity index (χ3n) is 2.98. The molecule has 0 aliphatic heterocycles. The van der Waals surface area contributed by atoms with Crippen molar-refractivity contribution in [3.63, 3.8) is 0 Å². The maximum absolute atomic E-state index is 12.2. The molecule has 5 nitrogen and oxygen atoms in total. The number of ether oxygens (including phenoxy) is 1. The monoisotopic (exact) mass is 286 g/mol. The van der Waals surface area contributed by atoms with Gasteiger partial charge in [0.15, 0.2) is 0 Å². The predicted molar refractivity (Wildman–Crippen MR) is 76.4 cm³/mol. The van der Waals surface area contributed by atoms with Crippen LogP contribution >= 0.6 is 0 Å². The van der Waals surface area contributed by atoms with Gasteiger partial charge in [0.05, 0.1) is 7.11 Å². The molecule has 6 heteroatoms. The molecule has 0 aliphatic carbocycles. The van der Waals surface area contributed by atoms with Gasteiger partial charge < -0.3 is 4.74 Å². The van der Waals surface area contributed by atoms with Crippen LogP contribution in [-0.4, -0.2) is 32.9 Å². The van der Waals surface area contributed by atoms with Gasteiger partial charge in [0.1, 0.15) is 5.75 Å². The highest BCUT2D eigenvalue weighted by Gasteiger charge is 2.22. The molecule has 1 atom stereocenters. The van der Waals surface area contributed by atoms with E-state index in [1.165, 1.54) is 4.31 Å². The Morgan fingerprint density at radius 2 is 1.84 bits per heavy atom. The van der Waals surface area contributed by atoms with Crippen molar-refractivity contribution in [2.75, 3.05) is 20.2 Å². The second kappa shape index (κ2) is 6.88. The molecule has 0 saturated heterocycles. The van der Waals surface area contributed by atoms with E-state index >= 15 is 0 Å². The molecule has 1 aromatic carbocycles. The highest BCUT2D eigenvalue weighted by Crippen LogP contribution is 2.25. The van der Waals surface area contributed by atoms with Gasteiger partial charge in [-0.3, -0.25) is 0 Å². The summed E-state index contributed by atoms with van der Waals surface area (Å²) in [4.78, 5) is 0. The van der Waals surface area contributed by atoms with Gasteiger partial charge in [-0.1, -0.05) is 32.0 Å². The van der Waals surface area contributed by atoms with Crippen LogP contribution in [0.1, 0.15) is 32.4 Å². The quantitative estimate of drug-likeness (QED) is 0.833. The van der Waals surface area contributed by atoms with Gasteiger partial charge in [-0.05, 0) is 13.0 Å². The Bertz CT molecular complexity index is 498. The summed E-state index contributed by atoms with van der Waals surface area (Å²) < 4.78 is 33.6. The van der Waals surface area contributed by atoms with E-state index in [-0.39, 0.29) is 6.04 Å². The Balaban J connectivity index is 2.93. The second-order valence-corrected chi connectivity index (χ2v) is 5.87. The largest absolute Gasteiger partial charge is 0.496 e. The van der Waals surface area contributed by atoms with Crippen molar-refractivity contribution in [3.05, 3.63) is 29.8 Å². The fourth-order valence-electron chi connectivity index (χ4n) is 1.95. The van der Waals surface area contributed by atoms with Crippen molar-refractivity contribution in [1.82, 2.24) is 9.03 Å². The molecule has 0 saturated carbocycles. The smallest absolute Gasteiger partial charge is 0.279 e. The molecule has 0 spiro atoms. The van der Waals surface area contributed by atoms with Crippen molar-refractivity contribution in [2.45, 2.75) is 26.8 Å². The van der Waals surface area contributed by atoms with Crippen molar-refractivity contribution in [1.29, 1.82) is 0 Å². The van der Waals surface area contributed by atoms with E-state index in [1.807, 2.05) is 38.1 Å². The molecule has 108 valence electrons. The molecule has 0 radical (unpaired) electrons. The predicted octanol–water partition coefficient (Wildman–Crippen LogP) is 1.93. The molecular weight excluding hydrogens is 264 g/mol. The van der Waals surface area contributed by atoms with Gasteiger partial charge in [0.2, 0.25) is 0 Å². The summed E-state index contributed by atoms with van der Waals surface area (Å²) in [6.45, 7) is 6.33. The lowest BCUT2D eigenvalue weighted by atomic mass is 10.1. The van der Waals surface area contributed by atoms with E-state index in [0.29, 0.717) is 18.8 Å². The van der Waals surface area contributed by atoms with Gasteiger partial charge in [-0.25, -0.2) is 0 Å². The Morgan fingerprint density at radius 3 is 2.37 bits per heavy atom. The molecule has 1 N–H and O–H groups in total. The van der Waals surface area contributed by atoms with Crippen LogP contribution in [0.5, 0.6) is 5.75 Å². The third kappa shape index (κ3) is 3.92. The molecule has 19 heavy (non-hydrogen) atoms. The summed E-state index contributed by atoms with van der Waals surface area (Å²) in [6.07, 6.45) is 0. The highest BCUT2D eigenvalue weighted by molar-refractivity contribution is 7.87. The van der Waals surface area contributed by atoms with Crippen LogP contribution in [0.2, 0.25) is 0 Å². The van der Waals surface area contributed by atoms with E-state index in [4.69, 9.17) is 4.74 Å². The number of hydrogen-bond acceptors (Lipinski definition) is 3. The van der Waals surface area contributed by atoms with E-state index in [9.17, 15) is 8.42 Å². The van der Waals surface area contributed by atoms with Crippen LogP contribution in [0.25, 0.3) is 0 Å². The Kier molecular flexibility index (Phi) is 5.78. The third-order valence-corrected chi connectivity index (χ3v) is 4.82. The second-order valence-electron chi connectivity index (χ2n) is 4.17. The Labute approximate surface area is 115 Å². The van der Waals surface area contributed by atoms with E-state index < -0.39 is 10.2 Å². The molecule has 0 fully saturated rings. The van der Waals surface area contributed by atoms with Gasteiger partial charge in [-0.2, -0.15) is 17.4 Å². The SMILES string of the molecule is CCN(CC)S(=O)(=O)NC(C)c1ccccc1OC. The number of para-hydroxylation sites is 1. The lowest BCUT2D eigenvalue weighted by Crippen LogP contribution is -2.41. The molecule has 0 heterocycles. The molecule has 0 amide bonds. The fraction of sp³-hybridized carbons (Fsp3) is 0.538. The van der Waals surface area contributed by atoms with Crippen molar-refractivity contribution in [2.24, 2.45) is 0 Å². The lowest BCUT2D eigenvalue weighted by molar-refractivity contribution is 0.401. The summed E-state index contributed by atoms with van der Waals surface area (Å²) in [6, 6.07) is 7.04. The zero-order valence-corrected chi connectivity index (χ0v) is 12.7. The molecular formula is C13H22N2O3S. The average Bonchev–Trinajstić information content (AvgIpc) is 2.39. The molecule has 1 unspecified atom stereocenters. The summed E-state index contributed by atoms with van der Waals surface area (Å²) in [5, 5.41) is 0. The lowest BCUT2D eigenvalue weighted by Gasteiger charge is -2.23. The van der Waals surface area contributed by atoms with Gasteiger partial charge >= 0.3 is 0 Å². The Hall–Kier alpha value is -1.11. The van der Waals surface area contributed by atoms with Gasteiger partial charge in [-0.15, -0.1) is 0 Å². The average molecular weight is 286 g/mol. The zero-order valence-electron chi connectivity index (χ0n) is 11.9. The van der Waals surface area contributed by atoms with Gasteiger partial charge in [0, 0.05) is 24.7 Å².